The summed E-state index contributed by atoms with van der Waals surface area (Å²) in [6.07, 6.45) is 1.63. The first kappa shape index (κ1) is 18.8. The van der Waals surface area contributed by atoms with Crippen molar-refractivity contribution in [2.24, 2.45) is 0 Å². The van der Waals surface area contributed by atoms with Gasteiger partial charge in [0.2, 0.25) is 0 Å². The van der Waals surface area contributed by atoms with E-state index in [9.17, 15) is 9.59 Å². The second-order valence-electron chi connectivity index (χ2n) is 7.10. The summed E-state index contributed by atoms with van der Waals surface area (Å²) in [6, 6.07) is 16.0. The van der Waals surface area contributed by atoms with Crippen LogP contribution in [0.3, 0.4) is 0 Å². The van der Waals surface area contributed by atoms with E-state index >= 15 is 0 Å². The van der Waals surface area contributed by atoms with E-state index in [4.69, 9.17) is 0 Å². The van der Waals surface area contributed by atoms with E-state index in [2.05, 4.69) is 12.2 Å². The number of benzene rings is 2. The van der Waals surface area contributed by atoms with Gasteiger partial charge in [-0.25, -0.2) is 0 Å². The number of rotatable bonds is 5. The van der Waals surface area contributed by atoms with Crippen molar-refractivity contribution >= 4 is 23.0 Å². The van der Waals surface area contributed by atoms with Gasteiger partial charge in [-0.05, 0) is 43.9 Å². The largest absolute Gasteiger partial charge is 0.321 e. The number of Topliss-reactive ketones (excluding diaryl/α,β-unsaturated/α-hetero) is 1. The molecular weight excluding hydrogens is 334 g/mol. The fourth-order valence-corrected chi connectivity index (χ4v) is 3.47. The average Bonchev–Trinajstić information content (AvgIpc) is 2.98. The van der Waals surface area contributed by atoms with E-state index in [-0.39, 0.29) is 11.7 Å². The van der Waals surface area contributed by atoms with E-state index in [1.165, 1.54) is 6.92 Å². The standard InChI is InChI=1S/C24H25NO2/c1-5-6-20(18-11-7-15(2)8-12-18)22-21(17(4)26)23(25-24(22)27)19-13-9-16(3)10-14-19/h7-14H,5-6H2,1-4H3,(H,25,27)/b22-20-. The van der Waals surface area contributed by atoms with Gasteiger partial charge in [-0.3, -0.25) is 9.59 Å². The Morgan fingerprint density at radius 1 is 0.926 bits per heavy atom. The van der Waals surface area contributed by atoms with Crippen LogP contribution < -0.4 is 5.32 Å². The first-order valence-corrected chi connectivity index (χ1v) is 9.36. The minimum absolute atomic E-state index is 0.0976. The second-order valence-corrected chi connectivity index (χ2v) is 7.10. The van der Waals surface area contributed by atoms with Crippen molar-refractivity contribution in [1.29, 1.82) is 0 Å². The van der Waals surface area contributed by atoms with E-state index in [0.29, 0.717) is 16.8 Å². The van der Waals surface area contributed by atoms with Gasteiger partial charge in [0.15, 0.2) is 5.78 Å². The summed E-state index contributed by atoms with van der Waals surface area (Å²) in [5, 5.41) is 2.95. The number of carbonyl (C=O) groups is 2. The summed E-state index contributed by atoms with van der Waals surface area (Å²) in [4.78, 5) is 25.5. The Labute approximate surface area is 160 Å². The maximum absolute atomic E-state index is 12.9. The molecule has 2 aromatic rings. The Morgan fingerprint density at radius 3 is 2.00 bits per heavy atom. The minimum Gasteiger partial charge on any atom is -0.321 e. The van der Waals surface area contributed by atoms with Crippen LogP contribution in [0.15, 0.2) is 59.7 Å². The van der Waals surface area contributed by atoms with Crippen molar-refractivity contribution in [3.63, 3.8) is 0 Å². The number of carbonyl (C=O) groups excluding carboxylic acids is 2. The van der Waals surface area contributed by atoms with Crippen LogP contribution in [0.5, 0.6) is 0 Å². The number of hydrogen-bond donors (Lipinski definition) is 1. The second kappa shape index (κ2) is 7.75. The van der Waals surface area contributed by atoms with Crippen molar-refractivity contribution in [2.75, 3.05) is 0 Å². The lowest BCUT2D eigenvalue weighted by atomic mass is 9.89. The zero-order valence-electron chi connectivity index (χ0n) is 16.3. The van der Waals surface area contributed by atoms with Crippen LogP contribution in [0.4, 0.5) is 0 Å². The highest BCUT2D eigenvalue weighted by Gasteiger charge is 2.33. The molecule has 0 fully saturated rings. The lowest BCUT2D eigenvalue weighted by molar-refractivity contribution is -0.117. The Balaban J connectivity index is 2.25. The highest BCUT2D eigenvalue weighted by molar-refractivity contribution is 6.25. The first-order chi connectivity index (χ1) is 12.9. The van der Waals surface area contributed by atoms with E-state index in [0.717, 1.165) is 40.7 Å². The smallest absolute Gasteiger partial charge is 0.256 e. The van der Waals surface area contributed by atoms with Crippen molar-refractivity contribution in [1.82, 2.24) is 5.32 Å². The number of aryl methyl sites for hydroxylation is 2. The molecule has 0 saturated heterocycles. The van der Waals surface area contributed by atoms with Crippen molar-refractivity contribution in [3.8, 4) is 0 Å². The van der Waals surface area contributed by atoms with E-state index in [1.807, 2.05) is 62.4 Å². The molecule has 0 unspecified atom stereocenters. The third-order valence-electron chi connectivity index (χ3n) is 4.86. The molecule has 2 aromatic carbocycles. The molecule has 0 aliphatic carbocycles. The van der Waals surface area contributed by atoms with Gasteiger partial charge in [0.1, 0.15) is 0 Å². The number of hydrogen-bond acceptors (Lipinski definition) is 2. The van der Waals surface area contributed by atoms with Gasteiger partial charge < -0.3 is 5.32 Å². The summed E-state index contributed by atoms with van der Waals surface area (Å²) in [5.41, 5.74) is 6.71. The van der Waals surface area contributed by atoms with Gasteiger partial charge >= 0.3 is 0 Å². The van der Waals surface area contributed by atoms with Gasteiger partial charge in [0.25, 0.3) is 5.91 Å². The molecule has 0 bridgehead atoms. The molecule has 0 atom stereocenters. The van der Waals surface area contributed by atoms with Crippen LogP contribution in [0, 0.1) is 13.8 Å². The molecule has 1 aliphatic heterocycles. The summed E-state index contributed by atoms with van der Waals surface area (Å²) in [7, 11) is 0. The first-order valence-electron chi connectivity index (χ1n) is 9.36. The molecule has 1 N–H and O–H groups in total. The summed E-state index contributed by atoms with van der Waals surface area (Å²) in [5.74, 6) is -0.292. The minimum atomic E-state index is -0.195. The normalized spacial score (nSPS) is 15.8. The van der Waals surface area contributed by atoms with Crippen LogP contribution >= 0.6 is 0 Å². The molecular formula is C24H25NO2. The predicted molar refractivity (Wildman–Crippen MR) is 110 cm³/mol. The lowest BCUT2D eigenvalue weighted by Crippen LogP contribution is -2.17. The molecule has 138 valence electrons. The van der Waals surface area contributed by atoms with Gasteiger partial charge in [-0.2, -0.15) is 0 Å². The average molecular weight is 359 g/mol. The van der Waals surface area contributed by atoms with Crippen LogP contribution in [0.1, 0.15) is 48.9 Å². The molecule has 0 saturated carbocycles. The lowest BCUT2D eigenvalue weighted by Gasteiger charge is -2.12. The number of allylic oxidation sites excluding steroid dienone is 1. The van der Waals surface area contributed by atoms with E-state index < -0.39 is 0 Å². The zero-order chi connectivity index (χ0) is 19.6. The number of amides is 1. The summed E-state index contributed by atoms with van der Waals surface area (Å²) >= 11 is 0. The molecule has 1 amide bonds. The quantitative estimate of drug-likeness (QED) is 0.765. The maximum atomic E-state index is 12.9. The monoisotopic (exact) mass is 359 g/mol. The molecule has 3 rings (SSSR count). The van der Waals surface area contributed by atoms with E-state index in [1.54, 1.807) is 0 Å². The third kappa shape index (κ3) is 3.77. The van der Waals surface area contributed by atoms with Crippen molar-refractivity contribution in [3.05, 3.63) is 81.9 Å². The molecule has 3 nitrogen and oxygen atoms in total. The molecule has 1 heterocycles. The molecule has 27 heavy (non-hydrogen) atoms. The Kier molecular flexibility index (Phi) is 5.41. The van der Waals surface area contributed by atoms with Gasteiger partial charge in [-0.1, -0.05) is 73.0 Å². The predicted octanol–water partition coefficient (Wildman–Crippen LogP) is 4.99. The van der Waals surface area contributed by atoms with Crippen LogP contribution in [0.2, 0.25) is 0 Å². The summed E-state index contributed by atoms with van der Waals surface area (Å²) < 4.78 is 0. The molecule has 0 aromatic heterocycles. The van der Waals surface area contributed by atoms with Crippen LogP contribution in [-0.4, -0.2) is 11.7 Å². The third-order valence-corrected chi connectivity index (χ3v) is 4.86. The number of ketones is 1. The van der Waals surface area contributed by atoms with Crippen molar-refractivity contribution < 1.29 is 9.59 Å². The fourth-order valence-electron chi connectivity index (χ4n) is 3.47. The molecule has 3 heteroatoms. The molecule has 0 radical (unpaired) electrons. The highest BCUT2D eigenvalue weighted by Crippen LogP contribution is 2.36. The van der Waals surface area contributed by atoms with Crippen LogP contribution in [0.25, 0.3) is 11.3 Å². The van der Waals surface area contributed by atoms with Crippen molar-refractivity contribution in [2.45, 2.75) is 40.5 Å². The Bertz CT molecular complexity index is 945. The Morgan fingerprint density at radius 2 is 1.48 bits per heavy atom. The topological polar surface area (TPSA) is 46.2 Å². The molecule has 0 spiro atoms. The van der Waals surface area contributed by atoms with Gasteiger partial charge in [-0.15, -0.1) is 0 Å². The zero-order valence-corrected chi connectivity index (χ0v) is 16.3. The van der Waals surface area contributed by atoms with Gasteiger partial charge in [0.05, 0.1) is 16.8 Å². The summed E-state index contributed by atoms with van der Waals surface area (Å²) in [6.45, 7) is 7.66. The van der Waals surface area contributed by atoms with Gasteiger partial charge in [0, 0.05) is 0 Å². The fraction of sp³-hybridized carbons (Fsp3) is 0.250. The molecule has 1 aliphatic rings. The maximum Gasteiger partial charge on any atom is 0.256 e. The number of nitrogens with one attached hydrogen (secondary N) is 1. The Hall–Kier alpha value is -2.94. The van der Waals surface area contributed by atoms with Crippen LogP contribution in [-0.2, 0) is 9.59 Å². The highest BCUT2D eigenvalue weighted by atomic mass is 16.2. The SMILES string of the molecule is CCC/C(=C1/C(=O)NC(c2ccc(C)cc2)=C1C(C)=O)c1ccc(C)cc1.